The van der Waals surface area contributed by atoms with E-state index in [1.54, 1.807) is 18.4 Å². The highest BCUT2D eigenvalue weighted by atomic mass is 32.1. The van der Waals surface area contributed by atoms with E-state index in [1.807, 2.05) is 36.5 Å². The van der Waals surface area contributed by atoms with Gasteiger partial charge in [-0.1, -0.05) is 24.3 Å². The maximum atomic E-state index is 12.9. The van der Waals surface area contributed by atoms with Crippen molar-refractivity contribution in [1.29, 1.82) is 0 Å². The van der Waals surface area contributed by atoms with Gasteiger partial charge >= 0.3 is 0 Å². The number of aromatic nitrogens is 1. The highest BCUT2D eigenvalue weighted by Crippen LogP contribution is 2.28. The first-order chi connectivity index (χ1) is 11.7. The molecule has 0 saturated carbocycles. The summed E-state index contributed by atoms with van der Waals surface area (Å²) in [4.78, 5) is 5.60. The number of ether oxygens (including phenoxy) is 1. The molecule has 1 aromatic heterocycles. The first-order valence-electron chi connectivity index (χ1n) is 7.79. The van der Waals surface area contributed by atoms with Gasteiger partial charge in [0.2, 0.25) is 0 Å². The summed E-state index contributed by atoms with van der Waals surface area (Å²) < 4.78 is 18.1. The smallest absolute Gasteiger partial charge is 0.123 e. The molecule has 0 spiro atoms. The molecule has 0 unspecified atom stereocenters. The van der Waals surface area contributed by atoms with Gasteiger partial charge in [-0.3, -0.25) is 0 Å². The van der Waals surface area contributed by atoms with Gasteiger partial charge in [0, 0.05) is 12.7 Å². The van der Waals surface area contributed by atoms with Crippen LogP contribution in [0.15, 0.2) is 54.7 Å². The molecule has 0 amide bonds. The van der Waals surface area contributed by atoms with Crippen molar-refractivity contribution < 1.29 is 9.13 Å². The Labute approximate surface area is 145 Å². The molecule has 0 fully saturated rings. The fourth-order valence-electron chi connectivity index (χ4n) is 2.38. The third kappa shape index (κ3) is 4.40. The molecule has 0 radical (unpaired) electrons. The summed E-state index contributed by atoms with van der Waals surface area (Å²) in [5.41, 5.74) is 2.24. The number of methoxy groups -OCH3 is 1. The predicted molar refractivity (Wildman–Crippen MR) is 95.9 cm³/mol. The molecule has 0 aliphatic heterocycles. The summed E-state index contributed by atoms with van der Waals surface area (Å²) in [6, 6.07) is 14.6. The van der Waals surface area contributed by atoms with E-state index in [-0.39, 0.29) is 5.82 Å². The summed E-state index contributed by atoms with van der Waals surface area (Å²) in [5, 5.41) is 4.43. The lowest BCUT2D eigenvalue weighted by Gasteiger charge is -2.03. The molecular weight excluding hydrogens is 323 g/mol. The maximum absolute atomic E-state index is 12.9. The molecular formula is C19H19FN2OS. The lowest BCUT2D eigenvalue weighted by Crippen LogP contribution is -2.16. The van der Waals surface area contributed by atoms with Crippen molar-refractivity contribution in [2.24, 2.45) is 0 Å². The molecule has 124 valence electrons. The minimum atomic E-state index is -0.195. The van der Waals surface area contributed by atoms with Crippen LogP contribution < -0.4 is 10.1 Å². The Kier molecular flexibility index (Phi) is 5.56. The van der Waals surface area contributed by atoms with Crippen LogP contribution >= 0.6 is 11.3 Å². The number of hydrogen-bond acceptors (Lipinski definition) is 4. The van der Waals surface area contributed by atoms with Crippen molar-refractivity contribution in [3.05, 3.63) is 71.1 Å². The van der Waals surface area contributed by atoms with Gasteiger partial charge in [0.15, 0.2) is 0 Å². The van der Waals surface area contributed by atoms with Crippen LogP contribution in [0.4, 0.5) is 4.39 Å². The molecule has 0 aliphatic rings. The van der Waals surface area contributed by atoms with Gasteiger partial charge in [-0.25, -0.2) is 9.37 Å². The lowest BCUT2D eigenvalue weighted by molar-refractivity contribution is 0.415. The molecule has 0 saturated heterocycles. The molecule has 1 heterocycles. The molecule has 0 bridgehead atoms. The number of halogens is 1. The normalized spacial score (nSPS) is 10.8. The van der Waals surface area contributed by atoms with E-state index in [0.29, 0.717) is 0 Å². The number of nitrogens with zero attached hydrogens (tertiary/aromatic N) is 1. The van der Waals surface area contributed by atoms with Crippen LogP contribution in [0, 0.1) is 5.82 Å². The first kappa shape index (κ1) is 16.6. The van der Waals surface area contributed by atoms with Crippen LogP contribution in [0.1, 0.15) is 10.6 Å². The second-order valence-corrected chi connectivity index (χ2v) is 6.52. The van der Waals surface area contributed by atoms with Crippen molar-refractivity contribution in [3.8, 4) is 16.2 Å². The van der Waals surface area contributed by atoms with Gasteiger partial charge < -0.3 is 10.1 Å². The Balaban J connectivity index is 1.51. The van der Waals surface area contributed by atoms with Gasteiger partial charge in [-0.2, -0.15) is 0 Å². The van der Waals surface area contributed by atoms with Crippen LogP contribution in [-0.2, 0) is 13.0 Å². The van der Waals surface area contributed by atoms with E-state index in [4.69, 9.17) is 4.74 Å². The topological polar surface area (TPSA) is 34.1 Å². The van der Waals surface area contributed by atoms with Crippen molar-refractivity contribution in [2.45, 2.75) is 13.0 Å². The third-order valence-electron chi connectivity index (χ3n) is 3.69. The van der Waals surface area contributed by atoms with Crippen molar-refractivity contribution in [1.82, 2.24) is 10.3 Å². The maximum Gasteiger partial charge on any atom is 0.123 e. The molecule has 1 N–H and O–H groups in total. The van der Waals surface area contributed by atoms with E-state index >= 15 is 0 Å². The van der Waals surface area contributed by atoms with Crippen LogP contribution in [-0.4, -0.2) is 18.6 Å². The number of hydrogen-bond donors (Lipinski definition) is 1. The second kappa shape index (κ2) is 8.04. The van der Waals surface area contributed by atoms with Crippen molar-refractivity contribution in [2.75, 3.05) is 13.7 Å². The molecule has 5 heteroatoms. The number of rotatable bonds is 7. The standard InChI is InChI=1S/C19H19FN2OS/c1-23-17-4-2-3-15(11-17)18-12-22-19(24-18)13-21-10-9-14-5-7-16(20)8-6-14/h2-8,11-12,21H,9-10,13H2,1H3. The number of nitrogens with one attached hydrogen (secondary N) is 1. The lowest BCUT2D eigenvalue weighted by atomic mass is 10.1. The van der Waals surface area contributed by atoms with Gasteiger partial charge in [0.05, 0.1) is 12.0 Å². The van der Waals surface area contributed by atoms with E-state index in [9.17, 15) is 4.39 Å². The molecule has 3 nitrogen and oxygen atoms in total. The molecule has 24 heavy (non-hydrogen) atoms. The van der Waals surface area contributed by atoms with Crippen LogP contribution in [0.25, 0.3) is 10.4 Å². The predicted octanol–water partition coefficient (Wildman–Crippen LogP) is 4.29. The van der Waals surface area contributed by atoms with Crippen LogP contribution in [0.3, 0.4) is 0 Å². The first-order valence-corrected chi connectivity index (χ1v) is 8.60. The Hall–Kier alpha value is -2.24. The summed E-state index contributed by atoms with van der Waals surface area (Å²) in [6.45, 7) is 1.57. The van der Waals surface area contributed by atoms with E-state index < -0.39 is 0 Å². The van der Waals surface area contributed by atoms with Gasteiger partial charge in [0.1, 0.15) is 16.6 Å². The minimum Gasteiger partial charge on any atom is -0.497 e. The van der Waals surface area contributed by atoms with Gasteiger partial charge in [-0.15, -0.1) is 11.3 Å². The van der Waals surface area contributed by atoms with E-state index in [2.05, 4.69) is 16.4 Å². The quantitative estimate of drug-likeness (QED) is 0.651. The van der Waals surface area contributed by atoms with E-state index in [1.165, 1.54) is 12.1 Å². The highest BCUT2D eigenvalue weighted by molar-refractivity contribution is 7.15. The summed E-state index contributed by atoms with van der Waals surface area (Å²) in [7, 11) is 1.67. The zero-order chi connectivity index (χ0) is 16.8. The molecule has 2 aromatic carbocycles. The minimum absolute atomic E-state index is 0.195. The Morgan fingerprint density at radius 2 is 2.00 bits per heavy atom. The average Bonchev–Trinajstić information content (AvgIpc) is 3.09. The monoisotopic (exact) mass is 342 g/mol. The fraction of sp³-hybridized carbons (Fsp3) is 0.211. The zero-order valence-corrected chi connectivity index (χ0v) is 14.3. The molecule has 0 aliphatic carbocycles. The number of thiazole rings is 1. The van der Waals surface area contributed by atoms with Crippen LogP contribution in [0.5, 0.6) is 5.75 Å². The SMILES string of the molecule is COc1cccc(-c2cnc(CNCCc3ccc(F)cc3)s2)c1. The van der Waals surface area contributed by atoms with Crippen molar-refractivity contribution >= 4 is 11.3 Å². The van der Waals surface area contributed by atoms with Gasteiger partial charge in [-0.05, 0) is 48.4 Å². The van der Waals surface area contributed by atoms with E-state index in [0.717, 1.165) is 46.3 Å². The molecule has 3 rings (SSSR count). The summed E-state index contributed by atoms with van der Waals surface area (Å²) >= 11 is 1.67. The van der Waals surface area contributed by atoms with Crippen LogP contribution in [0.2, 0.25) is 0 Å². The summed E-state index contributed by atoms with van der Waals surface area (Å²) in [5.74, 6) is 0.652. The summed E-state index contributed by atoms with van der Waals surface area (Å²) in [6.07, 6.45) is 2.77. The second-order valence-electron chi connectivity index (χ2n) is 5.40. The molecule has 0 atom stereocenters. The Morgan fingerprint density at radius 3 is 2.79 bits per heavy atom. The molecule has 3 aromatic rings. The zero-order valence-electron chi connectivity index (χ0n) is 13.5. The largest absolute Gasteiger partial charge is 0.497 e. The Bertz CT molecular complexity index is 786. The van der Waals surface area contributed by atoms with Gasteiger partial charge in [0.25, 0.3) is 0 Å². The third-order valence-corrected chi connectivity index (χ3v) is 4.73. The highest BCUT2D eigenvalue weighted by Gasteiger charge is 2.05. The number of benzene rings is 2. The fourth-order valence-corrected chi connectivity index (χ4v) is 3.26. The van der Waals surface area contributed by atoms with Crippen molar-refractivity contribution in [3.63, 3.8) is 0 Å². The Morgan fingerprint density at radius 1 is 1.17 bits per heavy atom. The average molecular weight is 342 g/mol.